The lowest BCUT2D eigenvalue weighted by atomic mass is 10.2. The summed E-state index contributed by atoms with van der Waals surface area (Å²) in [4.78, 5) is 26.5. The SMILES string of the molecule is CCC(C)N(CC(=O)O)C(=O)N1CCSC(C)C1. The molecule has 104 valence electrons. The number of carboxylic acids is 1. The van der Waals surface area contributed by atoms with Crippen LogP contribution in [0, 0.1) is 0 Å². The van der Waals surface area contributed by atoms with Crippen molar-refractivity contribution < 1.29 is 14.7 Å². The normalized spacial score (nSPS) is 21.5. The van der Waals surface area contributed by atoms with E-state index < -0.39 is 5.97 Å². The highest BCUT2D eigenvalue weighted by molar-refractivity contribution is 7.99. The number of rotatable bonds is 4. The van der Waals surface area contributed by atoms with E-state index in [0.29, 0.717) is 18.3 Å². The predicted molar refractivity (Wildman–Crippen MR) is 73.0 cm³/mol. The van der Waals surface area contributed by atoms with E-state index in [1.165, 1.54) is 4.90 Å². The van der Waals surface area contributed by atoms with Gasteiger partial charge in [0.2, 0.25) is 0 Å². The number of carbonyl (C=O) groups excluding carboxylic acids is 1. The molecule has 0 saturated carbocycles. The second-order valence-corrected chi connectivity index (χ2v) is 6.24. The lowest BCUT2D eigenvalue weighted by Gasteiger charge is -2.36. The number of thioether (sulfide) groups is 1. The molecular weight excluding hydrogens is 252 g/mol. The van der Waals surface area contributed by atoms with Crippen LogP contribution in [0.15, 0.2) is 0 Å². The van der Waals surface area contributed by atoms with Gasteiger partial charge in [0, 0.05) is 30.1 Å². The molecule has 1 rings (SSSR count). The Bertz CT molecular complexity index is 312. The molecule has 1 fully saturated rings. The molecule has 0 bridgehead atoms. The van der Waals surface area contributed by atoms with E-state index in [0.717, 1.165) is 12.2 Å². The molecule has 2 unspecified atom stereocenters. The molecule has 0 aromatic rings. The molecule has 0 aromatic carbocycles. The van der Waals surface area contributed by atoms with E-state index in [4.69, 9.17) is 5.11 Å². The highest BCUT2D eigenvalue weighted by Crippen LogP contribution is 2.19. The summed E-state index contributed by atoms with van der Waals surface area (Å²) in [5.74, 6) is -0.0306. The van der Waals surface area contributed by atoms with Crippen molar-refractivity contribution in [1.29, 1.82) is 0 Å². The van der Waals surface area contributed by atoms with Crippen molar-refractivity contribution in [3.63, 3.8) is 0 Å². The number of nitrogens with zero attached hydrogens (tertiary/aromatic N) is 2. The number of carboxylic acid groups (broad SMARTS) is 1. The number of hydrogen-bond donors (Lipinski definition) is 1. The number of carbonyl (C=O) groups is 2. The summed E-state index contributed by atoms with van der Waals surface area (Å²) >= 11 is 1.85. The van der Waals surface area contributed by atoms with Crippen LogP contribution in [0.3, 0.4) is 0 Å². The van der Waals surface area contributed by atoms with Gasteiger partial charge in [-0.2, -0.15) is 11.8 Å². The summed E-state index contributed by atoms with van der Waals surface area (Å²) in [6.45, 7) is 7.14. The van der Waals surface area contributed by atoms with Gasteiger partial charge in [0.1, 0.15) is 6.54 Å². The van der Waals surface area contributed by atoms with Gasteiger partial charge in [0.15, 0.2) is 0 Å². The van der Waals surface area contributed by atoms with Crippen LogP contribution < -0.4 is 0 Å². The van der Waals surface area contributed by atoms with Crippen LogP contribution in [0.1, 0.15) is 27.2 Å². The minimum atomic E-state index is -0.955. The van der Waals surface area contributed by atoms with E-state index >= 15 is 0 Å². The predicted octanol–water partition coefficient (Wildman–Crippen LogP) is 1.73. The highest BCUT2D eigenvalue weighted by atomic mass is 32.2. The fourth-order valence-corrected chi connectivity index (χ4v) is 2.97. The fourth-order valence-electron chi connectivity index (χ4n) is 1.95. The van der Waals surface area contributed by atoms with Crippen molar-refractivity contribution in [2.24, 2.45) is 0 Å². The maximum absolute atomic E-state index is 12.4. The second kappa shape index (κ2) is 6.87. The van der Waals surface area contributed by atoms with Crippen molar-refractivity contribution in [2.75, 3.05) is 25.4 Å². The molecule has 1 heterocycles. The monoisotopic (exact) mass is 274 g/mol. The van der Waals surface area contributed by atoms with Gasteiger partial charge < -0.3 is 14.9 Å². The van der Waals surface area contributed by atoms with Crippen LogP contribution in [0.2, 0.25) is 0 Å². The van der Waals surface area contributed by atoms with E-state index in [2.05, 4.69) is 6.92 Å². The van der Waals surface area contributed by atoms with Gasteiger partial charge in [-0.15, -0.1) is 0 Å². The van der Waals surface area contributed by atoms with E-state index in [1.807, 2.05) is 25.6 Å². The van der Waals surface area contributed by atoms with Crippen molar-refractivity contribution in [3.05, 3.63) is 0 Å². The number of hydrogen-bond acceptors (Lipinski definition) is 3. The van der Waals surface area contributed by atoms with Crippen LogP contribution >= 0.6 is 11.8 Å². The zero-order valence-electron chi connectivity index (χ0n) is 11.3. The van der Waals surface area contributed by atoms with Crippen LogP contribution in [-0.4, -0.2) is 63.6 Å². The van der Waals surface area contributed by atoms with Gasteiger partial charge in [-0.05, 0) is 13.3 Å². The van der Waals surface area contributed by atoms with Crippen LogP contribution in [0.25, 0.3) is 0 Å². The highest BCUT2D eigenvalue weighted by Gasteiger charge is 2.29. The van der Waals surface area contributed by atoms with Crippen molar-refractivity contribution in [1.82, 2.24) is 9.80 Å². The molecule has 2 amide bonds. The van der Waals surface area contributed by atoms with Crippen LogP contribution in [-0.2, 0) is 4.79 Å². The molecule has 1 saturated heterocycles. The lowest BCUT2D eigenvalue weighted by Crippen LogP contribution is -2.52. The molecule has 0 spiro atoms. The summed E-state index contributed by atoms with van der Waals surface area (Å²) in [5, 5.41) is 9.33. The summed E-state index contributed by atoms with van der Waals surface area (Å²) in [5.41, 5.74) is 0. The maximum Gasteiger partial charge on any atom is 0.323 e. The Morgan fingerprint density at radius 3 is 2.72 bits per heavy atom. The van der Waals surface area contributed by atoms with Crippen LogP contribution in [0.5, 0.6) is 0 Å². The first kappa shape index (κ1) is 15.1. The molecular formula is C12H22N2O3S. The Hall–Kier alpha value is -0.910. The van der Waals surface area contributed by atoms with E-state index in [9.17, 15) is 9.59 Å². The van der Waals surface area contributed by atoms with Crippen molar-refractivity contribution in [3.8, 4) is 0 Å². The molecule has 1 aliphatic rings. The first-order valence-electron chi connectivity index (χ1n) is 6.34. The third-order valence-electron chi connectivity index (χ3n) is 3.19. The average Bonchev–Trinajstić information content (AvgIpc) is 2.34. The fraction of sp³-hybridized carbons (Fsp3) is 0.833. The lowest BCUT2D eigenvalue weighted by molar-refractivity contribution is -0.138. The molecule has 6 heteroatoms. The number of amides is 2. The summed E-state index contributed by atoms with van der Waals surface area (Å²) in [7, 11) is 0. The standard InChI is InChI=1S/C12H22N2O3S/c1-4-9(2)14(8-11(15)16)12(17)13-5-6-18-10(3)7-13/h9-10H,4-8H2,1-3H3,(H,15,16). The van der Waals surface area contributed by atoms with Crippen molar-refractivity contribution in [2.45, 2.75) is 38.5 Å². The van der Waals surface area contributed by atoms with Gasteiger partial charge >= 0.3 is 12.0 Å². The quantitative estimate of drug-likeness (QED) is 0.848. The van der Waals surface area contributed by atoms with Crippen LogP contribution in [0.4, 0.5) is 4.79 Å². The average molecular weight is 274 g/mol. The van der Waals surface area contributed by atoms with Gasteiger partial charge in [0.05, 0.1) is 0 Å². The van der Waals surface area contributed by atoms with Gasteiger partial charge in [0.25, 0.3) is 0 Å². The summed E-state index contributed by atoms with van der Waals surface area (Å²) < 4.78 is 0. The van der Waals surface area contributed by atoms with E-state index in [1.54, 1.807) is 4.90 Å². The first-order valence-corrected chi connectivity index (χ1v) is 7.39. The van der Waals surface area contributed by atoms with Crippen molar-refractivity contribution >= 4 is 23.8 Å². The van der Waals surface area contributed by atoms with Gasteiger partial charge in [-0.3, -0.25) is 4.79 Å². The Balaban J connectivity index is 2.71. The second-order valence-electron chi connectivity index (χ2n) is 4.69. The third-order valence-corrected chi connectivity index (χ3v) is 4.32. The summed E-state index contributed by atoms with van der Waals surface area (Å²) in [6, 6.07) is -0.183. The summed E-state index contributed by atoms with van der Waals surface area (Å²) in [6.07, 6.45) is 0.761. The molecule has 1 N–H and O–H groups in total. The zero-order chi connectivity index (χ0) is 13.7. The number of aliphatic carboxylic acids is 1. The molecule has 0 aromatic heterocycles. The Kier molecular flexibility index (Phi) is 5.78. The molecule has 2 atom stereocenters. The molecule has 0 radical (unpaired) electrons. The molecule has 1 aliphatic heterocycles. The van der Waals surface area contributed by atoms with E-state index in [-0.39, 0.29) is 18.6 Å². The Labute approximate surface area is 113 Å². The maximum atomic E-state index is 12.4. The molecule has 5 nitrogen and oxygen atoms in total. The first-order chi connectivity index (χ1) is 8.45. The zero-order valence-corrected chi connectivity index (χ0v) is 12.1. The smallest absolute Gasteiger partial charge is 0.323 e. The molecule has 18 heavy (non-hydrogen) atoms. The minimum Gasteiger partial charge on any atom is -0.480 e. The van der Waals surface area contributed by atoms with Gasteiger partial charge in [-0.1, -0.05) is 13.8 Å². The largest absolute Gasteiger partial charge is 0.480 e. The minimum absolute atomic E-state index is 0.0431. The third kappa shape index (κ3) is 4.08. The number of urea groups is 1. The molecule has 0 aliphatic carbocycles. The Morgan fingerprint density at radius 2 is 2.22 bits per heavy atom. The topological polar surface area (TPSA) is 60.9 Å². The Morgan fingerprint density at radius 1 is 1.56 bits per heavy atom. The van der Waals surface area contributed by atoms with Gasteiger partial charge in [-0.25, -0.2) is 4.79 Å².